The van der Waals surface area contributed by atoms with E-state index in [1.54, 1.807) is 18.2 Å². The number of carbonyl (C=O) groups is 3. The third-order valence-electron chi connectivity index (χ3n) is 5.43. The largest absolute Gasteiger partial charge is 0.378 e. The fourth-order valence-electron chi connectivity index (χ4n) is 3.60. The van der Waals surface area contributed by atoms with E-state index in [1.165, 1.54) is 0 Å². The van der Waals surface area contributed by atoms with Gasteiger partial charge in [0.25, 0.3) is 11.1 Å². The van der Waals surface area contributed by atoms with Gasteiger partial charge in [0.15, 0.2) is 0 Å². The number of benzene rings is 2. The Hall–Kier alpha value is -3.10. The second-order valence-electron chi connectivity index (χ2n) is 7.82. The molecule has 0 bridgehead atoms. The molecule has 2 aromatic carbocycles. The van der Waals surface area contributed by atoms with E-state index in [4.69, 9.17) is 4.74 Å². The monoisotopic (exact) mass is 451 g/mol. The molecule has 3 amide bonds. The maximum Gasteiger partial charge on any atom is 0.294 e. The highest BCUT2D eigenvalue weighted by Crippen LogP contribution is 2.33. The molecule has 0 saturated carbocycles. The van der Waals surface area contributed by atoms with Crippen molar-refractivity contribution in [2.75, 3.05) is 43.1 Å². The Morgan fingerprint density at radius 3 is 2.50 bits per heavy atom. The van der Waals surface area contributed by atoms with Gasteiger partial charge in [-0.3, -0.25) is 19.3 Å². The average molecular weight is 452 g/mol. The van der Waals surface area contributed by atoms with Crippen molar-refractivity contribution in [1.82, 2.24) is 4.90 Å². The van der Waals surface area contributed by atoms with Crippen LogP contribution in [0.4, 0.5) is 16.2 Å². The van der Waals surface area contributed by atoms with Crippen LogP contribution in [-0.2, 0) is 14.3 Å². The van der Waals surface area contributed by atoms with Crippen LogP contribution in [-0.4, -0.2) is 54.8 Å². The summed E-state index contributed by atoms with van der Waals surface area (Å²) >= 11 is 0.859. The lowest BCUT2D eigenvalue weighted by molar-refractivity contribution is -0.127. The van der Waals surface area contributed by atoms with Gasteiger partial charge in [0.2, 0.25) is 5.91 Å². The molecule has 0 unspecified atom stereocenters. The Bertz CT molecular complexity index is 1080. The van der Waals surface area contributed by atoms with Crippen molar-refractivity contribution in [1.29, 1.82) is 0 Å². The van der Waals surface area contributed by atoms with Crippen LogP contribution in [0, 0.1) is 13.8 Å². The van der Waals surface area contributed by atoms with Gasteiger partial charge in [-0.2, -0.15) is 0 Å². The summed E-state index contributed by atoms with van der Waals surface area (Å²) in [6.45, 7) is 6.75. The van der Waals surface area contributed by atoms with Crippen molar-refractivity contribution in [2.45, 2.75) is 13.8 Å². The molecule has 2 aromatic rings. The number of amides is 3. The Labute approximate surface area is 191 Å². The van der Waals surface area contributed by atoms with Crippen LogP contribution in [0.25, 0.3) is 6.08 Å². The van der Waals surface area contributed by atoms with Crippen LogP contribution in [0.3, 0.4) is 0 Å². The Kier molecular flexibility index (Phi) is 6.62. The van der Waals surface area contributed by atoms with Crippen molar-refractivity contribution in [3.63, 3.8) is 0 Å². The Morgan fingerprint density at radius 2 is 1.81 bits per heavy atom. The van der Waals surface area contributed by atoms with Gasteiger partial charge in [-0.15, -0.1) is 0 Å². The number of nitrogens with one attached hydrogen (secondary N) is 1. The van der Waals surface area contributed by atoms with E-state index in [1.807, 2.05) is 38.1 Å². The van der Waals surface area contributed by atoms with E-state index >= 15 is 0 Å². The number of ether oxygens (including phenoxy) is 1. The van der Waals surface area contributed by atoms with Crippen molar-refractivity contribution in [3.8, 4) is 0 Å². The van der Waals surface area contributed by atoms with E-state index < -0.39 is 17.1 Å². The SMILES string of the molecule is Cc1ccc(NC(=O)CN2C(=O)S/C(=C\c3ccc(N4CCOCC4)cc3C)C2=O)cc1. The quantitative estimate of drug-likeness (QED) is 0.697. The first kappa shape index (κ1) is 22.1. The minimum atomic E-state index is -0.448. The predicted octanol–water partition coefficient (Wildman–Crippen LogP) is 3.82. The first-order valence-electron chi connectivity index (χ1n) is 10.5. The van der Waals surface area contributed by atoms with Crippen molar-refractivity contribution < 1.29 is 19.1 Å². The van der Waals surface area contributed by atoms with Crippen LogP contribution in [0.15, 0.2) is 47.4 Å². The number of rotatable bonds is 5. The van der Waals surface area contributed by atoms with Crippen LogP contribution in [0.1, 0.15) is 16.7 Å². The standard InChI is InChI=1S/C24H25N3O4S/c1-16-3-6-19(7-4-16)25-22(28)15-27-23(29)21(32-24(27)30)14-18-5-8-20(13-17(18)2)26-9-11-31-12-10-26/h3-8,13-14H,9-12,15H2,1-2H3,(H,25,28)/b21-14-. The van der Waals surface area contributed by atoms with Crippen molar-refractivity contribution >= 4 is 46.3 Å². The van der Waals surface area contributed by atoms with E-state index in [2.05, 4.69) is 16.3 Å². The molecule has 0 spiro atoms. The van der Waals surface area contributed by atoms with Gasteiger partial charge < -0.3 is 15.0 Å². The molecule has 32 heavy (non-hydrogen) atoms. The number of carbonyl (C=O) groups excluding carboxylic acids is 3. The molecule has 1 N–H and O–H groups in total. The summed E-state index contributed by atoms with van der Waals surface area (Å²) in [4.78, 5) is 41.1. The predicted molar refractivity (Wildman–Crippen MR) is 127 cm³/mol. The number of hydrogen-bond donors (Lipinski definition) is 1. The average Bonchev–Trinajstić information content (AvgIpc) is 3.04. The fraction of sp³-hybridized carbons (Fsp3) is 0.292. The number of nitrogens with zero attached hydrogens (tertiary/aromatic N) is 2. The zero-order valence-electron chi connectivity index (χ0n) is 18.1. The lowest BCUT2D eigenvalue weighted by Gasteiger charge is -2.29. The van der Waals surface area contributed by atoms with Crippen LogP contribution < -0.4 is 10.2 Å². The third kappa shape index (κ3) is 5.03. The Morgan fingerprint density at radius 1 is 1.09 bits per heavy atom. The molecule has 7 nitrogen and oxygen atoms in total. The van der Waals surface area contributed by atoms with Crippen LogP contribution >= 0.6 is 11.8 Å². The van der Waals surface area contributed by atoms with Gasteiger partial charge in [0.05, 0.1) is 18.1 Å². The molecule has 2 fully saturated rings. The number of hydrogen-bond acceptors (Lipinski definition) is 6. The van der Waals surface area contributed by atoms with Gasteiger partial charge in [-0.1, -0.05) is 23.8 Å². The molecular weight excluding hydrogens is 426 g/mol. The zero-order valence-corrected chi connectivity index (χ0v) is 18.9. The molecule has 4 rings (SSSR count). The number of thioether (sulfide) groups is 1. The molecule has 2 aliphatic heterocycles. The second kappa shape index (κ2) is 9.58. The Balaban J connectivity index is 1.43. The number of imide groups is 1. The van der Waals surface area contributed by atoms with E-state index in [0.29, 0.717) is 23.8 Å². The van der Waals surface area contributed by atoms with Gasteiger partial charge in [0.1, 0.15) is 6.54 Å². The lowest BCUT2D eigenvalue weighted by Crippen LogP contribution is -2.36. The highest BCUT2D eigenvalue weighted by molar-refractivity contribution is 8.18. The maximum absolute atomic E-state index is 12.8. The molecule has 2 aliphatic rings. The first-order valence-corrected chi connectivity index (χ1v) is 11.3. The number of aryl methyl sites for hydroxylation is 2. The molecule has 0 aliphatic carbocycles. The van der Waals surface area contributed by atoms with E-state index in [9.17, 15) is 14.4 Å². The first-order chi connectivity index (χ1) is 15.4. The molecule has 2 saturated heterocycles. The normalized spacial score (nSPS) is 17.9. The highest BCUT2D eigenvalue weighted by atomic mass is 32.2. The van der Waals surface area contributed by atoms with Gasteiger partial charge in [-0.25, -0.2) is 0 Å². The van der Waals surface area contributed by atoms with E-state index in [-0.39, 0.29) is 6.54 Å². The van der Waals surface area contributed by atoms with Gasteiger partial charge >= 0.3 is 0 Å². The van der Waals surface area contributed by atoms with Crippen molar-refractivity contribution in [3.05, 3.63) is 64.1 Å². The van der Waals surface area contributed by atoms with Crippen molar-refractivity contribution in [2.24, 2.45) is 0 Å². The fourth-order valence-corrected chi connectivity index (χ4v) is 4.43. The summed E-state index contributed by atoms with van der Waals surface area (Å²) in [5.41, 5.74) is 4.70. The molecule has 0 atom stereocenters. The maximum atomic E-state index is 12.8. The molecule has 166 valence electrons. The lowest BCUT2D eigenvalue weighted by atomic mass is 10.1. The minimum absolute atomic E-state index is 0.315. The summed E-state index contributed by atoms with van der Waals surface area (Å²) in [7, 11) is 0. The minimum Gasteiger partial charge on any atom is -0.378 e. The summed E-state index contributed by atoms with van der Waals surface area (Å²) < 4.78 is 5.40. The molecule has 0 radical (unpaired) electrons. The summed E-state index contributed by atoms with van der Waals surface area (Å²) in [5, 5.41) is 2.28. The smallest absolute Gasteiger partial charge is 0.294 e. The third-order valence-corrected chi connectivity index (χ3v) is 6.33. The van der Waals surface area contributed by atoms with E-state index in [0.717, 1.165) is 52.1 Å². The van der Waals surface area contributed by atoms with Crippen LogP contribution in [0.5, 0.6) is 0 Å². The van der Waals surface area contributed by atoms with Gasteiger partial charge in [-0.05, 0) is 67.1 Å². The molecule has 2 heterocycles. The highest BCUT2D eigenvalue weighted by Gasteiger charge is 2.36. The number of anilines is 2. The van der Waals surface area contributed by atoms with Crippen LogP contribution in [0.2, 0.25) is 0 Å². The molecule has 8 heteroatoms. The molecular formula is C24H25N3O4S. The summed E-state index contributed by atoms with van der Waals surface area (Å²) in [6.07, 6.45) is 1.72. The summed E-state index contributed by atoms with van der Waals surface area (Å²) in [6, 6.07) is 13.4. The summed E-state index contributed by atoms with van der Waals surface area (Å²) in [5.74, 6) is -0.862. The van der Waals surface area contributed by atoms with Gasteiger partial charge in [0, 0.05) is 24.5 Å². The topological polar surface area (TPSA) is 79.0 Å². The number of morpholine rings is 1. The molecule has 0 aromatic heterocycles. The zero-order chi connectivity index (χ0) is 22.7. The second-order valence-corrected chi connectivity index (χ2v) is 8.82.